The van der Waals surface area contributed by atoms with Gasteiger partial charge in [0.05, 0.1) is 0 Å². The molecule has 0 saturated carbocycles. The van der Waals surface area contributed by atoms with E-state index < -0.39 is 12.7 Å². The minimum Gasteiger partial charge on any atom is -0.444 e. The van der Waals surface area contributed by atoms with E-state index >= 15 is 0 Å². The lowest BCUT2D eigenvalue weighted by molar-refractivity contribution is 0.0139. The number of benzene rings is 1. The van der Waals surface area contributed by atoms with Crippen LogP contribution in [0.1, 0.15) is 26.3 Å². The van der Waals surface area contributed by atoms with Gasteiger partial charge in [-0.05, 0) is 37.9 Å². The number of hydrogen-bond acceptors (Lipinski definition) is 5. The Morgan fingerprint density at radius 3 is 2.38 bits per heavy atom. The van der Waals surface area contributed by atoms with Crippen LogP contribution in [0.5, 0.6) is 0 Å². The second-order valence-electron chi connectivity index (χ2n) is 6.97. The number of amides is 1. The summed E-state index contributed by atoms with van der Waals surface area (Å²) in [6.45, 7) is 8.92. The highest BCUT2D eigenvalue weighted by Crippen LogP contribution is 2.18. The molecule has 2 rings (SSSR count). The molecule has 1 aromatic carbocycles. The summed E-state index contributed by atoms with van der Waals surface area (Å²) in [6.07, 6.45) is -0.276. The van der Waals surface area contributed by atoms with Crippen molar-refractivity contribution in [1.29, 1.82) is 0 Å². The van der Waals surface area contributed by atoms with Gasteiger partial charge in [0.15, 0.2) is 0 Å². The first-order valence-electron chi connectivity index (χ1n) is 8.00. The van der Waals surface area contributed by atoms with Gasteiger partial charge in [0, 0.05) is 37.7 Å². The van der Waals surface area contributed by atoms with Crippen LogP contribution in [0.25, 0.3) is 0 Å². The third-order valence-electron chi connectivity index (χ3n) is 3.79. The van der Waals surface area contributed by atoms with E-state index in [0.717, 1.165) is 18.7 Å². The number of piperazine rings is 1. The van der Waals surface area contributed by atoms with Gasteiger partial charge in [0.1, 0.15) is 5.60 Å². The summed E-state index contributed by atoms with van der Waals surface area (Å²) >= 11 is 6.21. The fourth-order valence-electron chi connectivity index (χ4n) is 2.51. The van der Waals surface area contributed by atoms with Crippen LogP contribution in [-0.4, -0.2) is 64.8 Å². The summed E-state index contributed by atoms with van der Waals surface area (Å²) in [4.78, 5) is 16.0. The summed E-state index contributed by atoms with van der Waals surface area (Å²) in [7, 11) is -1.52. The molecule has 0 spiro atoms. The van der Waals surface area contributed by atoms with Gasteiger partial charge in [-0.15, -0.1) is 0 Å². The van der Waals surface area contributed by atoms with E-state index in [4.69, 9.17) is 26.4 Å². The topological polar surface area (TPSA) is 73.2 Å². The quantitative estimate of drug-likeness (QED) is 0.795. The van der Waals surface area contributed by atoms with Gasteiger partial charge in [-0.1, -0.05) is 23.7 Å². The van der Waals surface area contributed by atoms with Gasteiger partial charge in [-0.3, -0.25) is 4.90 Å². The van der Waals surface area contributed by atoms with Crippen LogP contribution in [0.3, 0.4) is 0 Å². The summed E-state index contributed by atoms with van der Waals surface area (Å²) < 4.78 is 5.39. The molecule has 0 radical (unpaired) electrons. The predicted molar refractivity (Wildman–Crippen MR) is 94.4 cm³/mol. The van der Waals surface area contributed by atoms with Crippen molar-refractivity contribution >= 4 is 30.3 Å². The molecule has 1 amide bonds. The van der Waals surface area contributed by atoms with Crippen molar-refractivity contribution in [2.75, 3.05) is 26.2 Å². The first kappa shape index (κ1) is 19.1. The van der Waals surface area contributed by atoms with Crippen molar-refractivity contribution in [1.82, 2.24) is 9.80 Å². The molecule has 132 valence electrons. The average molecular weight is 355 g/mol. The Hall–Kier alpha value is -1.28. The van der Waals surface area contributed by atoms with E-state index in [2.05, 4.69) is 4.90 Å². The van der Waals surface area contributed by atoms with E-state index in [1.54, 1.807) is 23.1 Å². The van der Waals surface area contributed by atoms with E-state index in [9.17, 15) is 4.79 Å². The molecular weight excluding hydrogens is 330 g/mol. The molecule has 1 aliphatic rings. The van der Waals surface area contributed by atoms with Crippen LogP contribution >= 0.6 is 11.6 Å². The maximum Gasteiger partial charge on any atom is 0.488 e. The maximum atomic E-state index is 12.1. The Morgan fingerprint density at radius 2 is 1.88 bits per heavy atom. The molecule has 0 unspecified atom stereocenters. The zero-order chi connectivity index (χ0) is 17.9. The maximum absolute atomic E-state index is 12.1. The van der Waals surface area contributed by atoms with Crippen molar-refractivity contribution < 1.29 is 19.6 Å². The standard InChI is InChI=1S/C16H24BClN2O4/c1-16(2,3)24-15(21)20-8-6-19(7-9-20)11-12-4-5-13(17(22)23)10-14(12)18/h4-5,10,22-23H,6-9,11H2,1-3H3. The zero-order valence-corrected chi connectivity index (χ0v) is 15.1. The molecule has 1 fully saturated rings. The summed E-state index contributed by atoms with van der Waals surface area (Å²) in [5, 5.41) is 18.8. The van der Waals surface area contributed by atoms with E-state index in [-0.39, 0.29) is 6.09 Å². The van der Waals surface area contributed by atoms with Gasteiger partial charge >= 0.3 is 13.2 Å². The predicted octanol–water partition coefficient (Wildman–Crippen LogP) is 1.07. The lowest BCUT2D eigenvalue weighted by Crippen LogP contribution is -2.49. The zero-order valence-electron chi connectivity index (χ0n) is 14.3. The highest BCUT2D eigenvalue weighted by molar-refractivity contribution is 6.59. The Kier molecular flexibility index (Phi) is 6.14. The number of halogens is 1. The van der Waals surface area contributed by atoms with Crippen LogP contribution < -0.4 is 5.46 Å². The Bertz CT molecular complexity index is 584. The second kappa shape index (κ2) is 7.74. The molecule has 0 aromatic heterocycles. The van der Waals surface area contributed by atoms with Crippen molar-refractivity contribution in [2.24, 2.45) is 0 Å². The normalized spacial score (nSPS) is 16.2. The average Bonchev–Trinajstić information content (AvgIpc) is 2.48. The molecule has 1 heterocycles. The fourth-order valence-corrected chi connectivity index (χ4v) is 2.76. The van der Waals surface area contributed by atoms with Crippen LogP contribution in [0.4, 0.5) is 4.79 Å². The van der Waals surface area contributed by atoms with Crippen molar-refractivity contribution in [2.45, 2.75) is 32.9 Å². The molecule has 1 aliphatic heterocycles. The fraction of sp³-hybridized carbons (Fsp3) is 0.562. The van der Waals surface area contributed by atoms with Crippen LogP contribution in [0.15, 0.2) is 18.2 Å². The second-order valence-corrected chi connectivity index (χ2v) is 7.38. The van der Waals surface area contributed by atoms with Gasteiger partial charge < -0.3 is 19.7 Å². The third-order valence-corrected chi connectivity index (χ3v) is 4.15. The van der Waals surface area contributed by atoms with Gasteiger partial charge in [-0.2, -0.15) is 0 Å². The minimum atomic E-state index is -1.52. The molecule has 24 heavy (non-hydrogen) atoms. The van der Waals surface area contributed by atoms with Crippen LogP contribution in [0.2, 0.25) is 5.02 Å². The van der Waals surface area contributed by atoms with Crippen molar-refractivity contribution in [3.63, 3.8) is 0 Å². The molecule has 0 aliphatic carbocycles. The van der Waals surface area contributed by atoms with Crippen LogP contribution in [-0.2, 0) is 11.3 Å². The summed E-state index contributed by atoms with van der Waals surface area (Å²) in [6, 6.07) is 5.03. The summed E-state index contributed by atoms with van der Waals surface area (Å²) in [5.41, 5.74) is 0.811. The van der Waals surface area contributed by atoms with Gasteiger partial charge in [-0.25, -0.2) is 4.79 Å². The number of hydrogen-bond donors (Lipinski definition) is 2. The molecule has 0 bridgehead atoms. The van der Waals surface area contributed by atoms with E-state index in [1.807, 2.05) is 20.8 Å². The lowest BCUT2D eigenvalue weighted by Gasteiger charge is -2.35. The monoisotopic (exact) mass is 354 g/mol. The number of carbonyl (C=O) groups excluding carboxylic acids is 1. The SMILES string of the molecule is CC(C)(C)OC(=O)N1CCN(Cc2ccc(B(O)O)cc2Cl)CC1. The molecule has 1 aromatic rings. The molecule has 6 nitrogen and oxygen atoms in total. The van der Waals surface area contributed by atoms with E-state index in [1.165, 1.54) is 0 Å². The lowest BCUT2D eigenvalue weighted by atomic mass is 9.80. The number of rotatable bonds is 3. The number of ether oxygens (including phenoxy) is 1. The Balaban J connectivity index is 1.88. The van der Waals surface area contributed by atoms with Gasteiger partial charge in [0.2, 0.25) is 0 Å². The first-order valence-corrected chi connectivity index (χ1v) is 8.38. The molecule has 2 N–H and O–H groups in total. The minimum absolute atomic E-state index is 0.276. The summed E-state index contributed by atoms with van der Waals surface area (Å²) in [5.74, 6) is 0. The number of carbonyl (C=O) groups is 1. The smallest absolute Gasteiger partial charge is 0.444 e. The Labute approximate surface area is 148 Å². The molecule has 0 atom stereocenters. The van der Waals surface area contributed by atoms with Crippen molar-refractivity contribution in [3.8, 4) is 0 Å². The first-order chi connectivity index (χ1) is 11.2. The van der Waals surface area contributed by atoms with Crippen LogP contribution in [0, 0.1) is 0 Å². The molecule has 8 heteroatoms. The van der Waals surface area contributed by atoms with Gasteiger partial charge in [0.25, 0.3) is 0 Å². The highest BCUT2D eigenvalue weighted by atomic mass is 35.5. The molecular formula is C16H24BClN2O4. The third kappa shape index (κ3) is 5.38. The van der Waals surface area contributed by atoms with Crippen molar-refractivity contribution in [3.05, 3.63) is 28.8 Å². The Morgan fingerprint density at radius 1 is 1.25 bits per heavy atom. The highest BCUT2D eigenvalue weighted by Gasteiger charge is 2.26. The molecule has 1 saturated heterocycles. The van der Waals surface area contributed by atoms with E-state index in [0.29, 0.717) is 30.1 Å². The largest absolute Gasteiger partial charge is 0.488 e. The number of nitrogens with zero attached hydrogens (tertiary/aromatic N) is 2.